The molecule has 1 aliphatic rings. The summed E-state index contributed by atoms with van der Waals surface area (Å²) in [6, 6.07) is 9.30. The zero-order valence-corrected chi connectivity index (χ0v) is 19.6. The lowest BCUT2D eigenvalue weighted by Gasteiger charge is -2.12. The molecule has 0 spiro atoms. The summed E-state index contributed by atoms with van der Waals surface area (Å²) in [4.78, 5) is 25.4. The smallest absolute Gasteiger partial charge is 0.493 e. The van der Waals surface area contributed by atoms with Crippen molar-refractivity contribution in [2.45, 2.75) is 32.2 Å². The first kappa shape index (κ1) is 24.9. The van der Waals surface area contributed by atoms with Gasteiger partial charge in [-0.1, -0.05) is 19.1 Å². The molecule has 1 unspecified atom stereocenters. The van der Waals surface area contributed by atoms with E-state index in [-0.39, 0.29) is 12.1 Å². The largest absolute Gasteiger partial charge is 0.573 e. The van der Waals surface area contributed by atoms with Crippen LogP contribution in [0.3, 0.4) is 0 Å². The summed E-state index contributed by atoms with van der Waals surface area (Å²) in [5.41, 5.74) is 2.25. The van der Waals surface area contributed by atoms with Crippen LogP contribution < -0.4 is 24.8 Å². The number of amides is 2. The number of rotatable bonds is 8. The maximum Gasteiger partial charge on any atom is 0.573 e. The second kappa shape index (κ2) is 9.80. The highest BCUT2D eigenvalue weighted by atomic mass is 19.4. The standard InChI is InChI=1S/C24H23F3N4O5/c1-4-16-21(13-8-9-18(34-2)19(10-13)35-3)22-29-23(33)17(31(22)30-16)12-20(32)28-14-6-5-7-15(11-14)36-24(25,26)27/h5-11,17H,4,12H2,1-3H3,(H,28,32)(H,29,33). The van der Waals surface area contributed by atoms with Crippen LogP contribution in [-0.2, 0) is 16.0 Å². The van der Waals surface area contributed by atoms with Gasteiger partial charge < -0.3 is 24.8 Å². The molecule has 12 heteroatoms. The summed E-state index contributed by atoms with van der Waals surface area (Å²) in [6.07, 6.45) is -4.58. The molecule has 1 atom stereocenters. The Bertz CT molecular complexity index is 1310. The first-order valence-electron chi connectivity index (χ1n) is 10.9. The van der Waals surface area contributed by atoms with Crippen LogP contribution in [0.4, 0.5) is 24.7 Å². The van der Waals surface area contributed by atoms with E-state index in [0.29, 0.717) is 35.0 Å². The third kappa shape index (κ3) is 5.07. The van der Waals surface area contributed by atoms with E-state index in [2.05, 4.69) is 20.5 Å². The van der Waals surface area contributed by atoms with E-state index in [1.807, 2.05) is 13.0 Å². The molecular formula is C24H23F3N4O5. The minimum atomic E-state index is -4.86. The molecule has 0 saturated heterocycles. The molecule has 190 valence electrons. The van der Waals surface area contributed by atoms with Crippen LogP contribution in [0.5, 0.6) is 17.2 Å². The average molecular weight is 504 g/mol. The molecule has 2 amide bonds. The highest BCUT2D eigenvalue weighted by Crippen LogP contribution is 2.41. The lowest BCUT2D eigenvalue weighted by molar-refractivity contribution is -0.274. The lowest BCUT2D eigenvalue weighted by atomic mass is 10.0. The number of hydrogen-bond acceptors (Lipinski definition) is 6. The van der Waals surface area contributed by atoms with Gasteiger partial charge in [0.05, 0.1) is 26.3 Å². The number of alkyl halides is 3. The fraction of sp³-hybridized carbons (Fsp3) is 0.292. The fourth-order valence-corrected chi connectivity index (χ4v) is 4.02. The van der Waals surface area contributed by atoms with Crippen LogP contribution in [0.25, 0.3) is 11.1 Å². The van der Waals surface area contributed by atoms with Crippen molar-refractivity contribution in [2.24, 2.45) is 0 Å². The first-order chi connectivity index (χ1) is 17.1. The third-order valence-electron chi connectivity index (χ3n) is 5.56. The molecule has 0 bridgehead atoms. The number of nitrogens with zero attached hydrogens (tertiary/aromatic N) is 2. The lowest BCUT2D eigenvalue weighted by Crippen LogP contribution is -2.24. The minimum Gasteiger partial charge on any atom is -0.493 e. The second-order valence-corrected chi connectivity index (χ2v) is 7.87. The molecule has 1 aromatic heterocycles. The summed E-state index contributed by atoms with van der Waals surface area (Å²) in [7, 11) is 3.05. The number of anilines is 2. The highest BCUT2D eigenvalue weighted by Gasteiger charge is 2.37. The van der Waals surface area contributed by atoms with E-state index in [4.69, 9.17) is 9.47 Å². The van der Waals surface area contributed by atoms with Gasteiger partial charge in [0, 0.05) is 17.3 Å². The molecule has 9 nitrogen and oxygen atoms in total. The van der Waals surface area contributed by atoms with Crippen molar-refractivity contribution in [3.63, 3.8) is 0 Å². The first-order valence-corrected chi connectivity index (χ1v) is 10.9. The number of fused-ring (bicyclic) bond motifs is 1. The zero-order valence-electron chi connectivity index (χ0n) is 19.6. The molecule has 0 saturated carbocycles. The number of aromatic nitrogens is 2. The number of carbonyl (C=O) groups is 2. The van der Waals surface area contributed by atoms with Crippen molar-refractivity contribution < 1.29 is 37.0 Å². The summed E-state index contributed by atoms with van der Waals surface area (Å²) >= 11 is 0. The van der Waals surface area contributed by atoms with Gasteiger partial charge in [-0.3, -0.25) is 9.59 Å². The van der Waals surface area contributed by atoms with Gasteiger partial charge in [-0.2, -0.15) is 5.10 Å². The van der Waals surface area contributed by atoms with Crippen LogP contribution in [0, 0.1) is 0 Å². The molecule has 0 fully saturated rings. The number of aryl methyl sites for hydroxylation is 1. The normalized spacial score (nSPS) is 14.7. The predicted octanol–water partition coefficient (Wildman–Crippen LogP) is 4.55. The third-order valence-corrected chi connectivity index (χ3v) is 5.56. The molecular weight excluding hydrogens is 481 g/mol. The number of ether oxygens (including phenoxy) is 3. The highest BCUT2D eigenvalue weighted by molar-refractivity contribution is 6.04. The minimum absolute atomic E-state index is 0.0982. The molecule has 4 rings (SSSR count). The summed E-state index contributed by atoms with van der Waals surface area (Å²) < 4.78 is 53.5. The van der Waals surface area contributed by atoms with Gasteiger partial charge >= 0.3 is 6.36 Å². The molecule has 0 radical (unpaired) electrons. The van der Waals surface area contributed by atoms with E-state index >= 15 is 0 Å². The molecule has 2 aromatic carbocycles. The van der Waals surface area contributed by atoms with Gasteiger partial charge in [-0.15, -0.1) is 13.2 Å². The van der Waals surface area contributed by atoms with Crippen molar-refractivity contribution >= 4 is 23.3 Å². The SMILES string of the molecule is CCc1nn2c(c1-c1ccc(OC)c(OC)c1)NC(=O)C2CC(=O)Nc1cccc(OC(F)(F)F)c1. The molecule has 2 heterocycles. The van der Waals surface area contributed by atoms with Crippen LogP contribution >= 0.6 is 0 Å². The van der Waals surface area contributed by atoms with Crippen molar-refractivity contribution in [3.05, 3.63) is 48.2 Å². The molecule has 2 N–H and O–H groups in total. The number of benzene rings is 2. The number of nitrogens with one attached hydrogen (secondary N) is 2. The predicted molar refractivity (Wildman–Crippen MR) is 124 cm³/mol. The van der Waals surface area contributed by atoms with Gasteiger partial charge in [-0.05, 0) is 36.2 Å². The summed E-state index contributed by atoms with van der Waals surface area (Å²) in [5, 5.41) is 9.87. The van der Waals surface area contributed by atoms with Crippen molar-refractivity contribution in [1.29, 1.82) is 0 Å². The van der Waals surface area contributed by atoms with E-state index < -0.39 is 30.0 Å². The van der Waals surface area contributed by atoms with E-state index in [0.717, 1.165) is 17.7 Å². The van der Waals surface area contributed by atoms with Gasteiger partial charge in [-0.25, -0.2) is 4.68 Å². The van der Waals surface area contributed by atoms with Crippen LogP contribution in [-0.4, -0.2) is 42.2 Å². The van der Waals surface area contributed by atoms with Crippen LogP contribution in [0.15, 0.2) is 42.5 Å². The average Bonchev–Trinajstić information content (AvgIpc) is 3.32. The Kier molecular flexibility index (Phi) is 6.77. The van der Waals surface area contributed by atoms with E-state index in [9.17, 15) is 22.8 Å². The zero-order chi connectivity index (χ0) is 26.0. The van der Waals surface area contributed by atoms with Gasteiger partial charge in [0.1, 0.15) is 17.6 Å². The maximum atomic E-state index is 12.8. The number of methoxy groups -OCH3 is 2. The Balaban J connectivity index is 1.57. The van der Waals surface area contributed by atoms with Gasteiger partial charge in [0.2, 0.25) is 5.91 Å². The van der Waals surface area contributed by atoms with E-state index in [1.54, 1.807) is 12.1 Å². The number of halogens is 3. The number of carbonyl (C=O) groups excluding carboxylic acids is 2. The molecule has 36 heavy (non-hydrogen) atoms. The second-order valence-electron chi connectivity index (χ2n) is 7.87. The summed E-state index contributed by atoms with van der Waals surface area (Å²) in [5.74, 6) is 0.0304. The Morgan fingerprint density at radius 2 is 1.89 bits per heavy atom. The Hall–Kier alpha value is -4.22. The fourth-order valence-electron chi connectivity index (χ4n) is 4.02. The van der Waals surface area contributed by atoms with Crippen LogP contribution in [0.1, 0.15) is 25.1 Å². The Labute approximate surface area is 204 Å². The van der Waals surface area contributed by atoms with E-state index in [1.165, 1.54) is 31.0 Å². The molecule has 3 aromatic rings. The molecule has 1 aliphatic heterocycles. The van der Waals surface area contributed by atoms with Gasteiger partial charge in [0.25, 0.3) is 5.91 Å². The quantitative estimate of drug-likeness (QED) is 0.467. The summed E-state index contributed by atoms with van der Waals surface area (Å²) in [6.45, 7) is 1.92. The van der Waals surface area contributed by atoms with Gasteiger partial charge in [0.15, 0.2) is 11.5 Å². The van der Waals surface area contributed by atoms with Crippen molar-refractivity contribution in [1.82, 2.24) is 9.78 Å². The Morgan fingerprint density at radius 1 is 1.14 bits per heavy atom. The maximum absolute atomic E-state index is 12.8. The van der Waals surface area contributed by atoms with Crippen molar-refractivity contribution in [2.75, 3.05) is 24.9 Å². The Morgan fingerprint density at radius 3 is 2.56 bits per heavy atom. The topological polar surface area (TPSA) is 104 Å². The number of hydrogen-bond donors (Lipinski definition) is 2. The monoisotopic (exact) mass is 504 g/mol. The van der Waals surface area contributed by atoms with Crippen molar-refractivity contribution in [3.8, 4) is 28.4 Å². The van der Waals surface area contributed by atoms with Crippen LogP contribution in [0.2, 0.25) is 0 Å². The molecule has 0 aliphatic carbocycles.